The average molecular weight is 231 g/mol. The predicted molar refractivity (Wildman–Crippen MR) is 71.0 cm³/mol. The molecule has 0 aromatic heterocycles. The summed E-state index contributed by atoms with van der Waals surface area (Å²) in [6.45, 7) is 3.49. The highest BCUT2D eigenvalue weighted by molar-refractivity contribution is 5.19. The lowest BCUT2D eigenvalue weighted by molar-refractivity contribution is 0.246. The molecule has 0 saturated heterocycles. The van der Waals surface area contributed by atoms with E-state index in [-0.39, 0.29) is 6.61 Å². The van der Waals surface area contributed by atoms with Gasteiger partial charge in [0.1, 0.15) is 0 Å². The van der Waals surface area contributed by atoms with E-state index in [0.29, 0.717) is 17.9 Å². The third-order valence-electron chi connectivity index (χ3n) is 3.46. The van der Waals surface area contributed by atoms with Crippen molar-refractivity contribution >= 4 is 0 Å². The van der Waals surface area contributed by atoms with Gasteiger partial charge >= 0.3 is 0 Å². The Morgan fingerprint density at radius 1 is 1.29 bits per heavy atom. The summed E-state index contributed by atoms with van der Waals surface area (Å²) in [6.07, 6.45) is 5.32. The minimum atomic E-state index is 0.267. The quantitative estimate of drug-likeness (QED) is 0.762. The molecule has 3 atom stereocenters. The highest BCUT2D eigenvalue weighted by Crippen LogP contribution is 2.19. The molecule has 2 rings (SSSR count). The number of benzene rings is 1. The summed E-state index contributed by atoms with van der Waals surface area (Å²) in [4.78, 5) is 0. The van der Waals surface area contributed by atoms with Gasteiger partial charge in [0.15, 0.2) is 0 Å². The second-order valence-corrected chi connectivity index (χ2v) is 4.89. The van der Waals surface area contributed by atoms with E-state index in [1.165, 1.54) is 5.56 Å². The van der Waals surface area contributed by atoms with Crippen LogP contribution in [0.5, 0.6) is 0 Å². The fourth-order valence-electron chi connectivity index (χ4n) is 2.29. The number of nitrogens with one attached hydrogen (secondary N) is 1. The van der Waals surface area contributed by atoms with Crippen LogP contribution in [0.4, 0.5) is 0 Å². The monoisotopic (exact) mass is 231 g/mol. The molecule has 1 aromatic rings. The van der Waals surface area contributed by atoms with Crippen molar-refractivity contribution in [3.63, 3.8) is 0 Å². The zero-order valence-electron chi connectivity index (χ0n) is 10.3. The molecule has 0 radical (unpaired) electrons. The summed E-state index contributed by atoms with van der Waals surface area (Å²) in [7, 11) is 0. The van der Waals surface area contributed by atoms with E-state index in [4.69, 9.17) is 5.11 Å². The zero-order valence-corrected chi connectivity index (χ0v) is 10.3. The van der Waals surface area contributed by atoms with Crippen molar-refractivity contribution in [2.24, 2.45) is 5.92 Å². The fourth-order valence-corrected chi connectivity index (χ4v) is 2.29. The van der Waals surface area contributed by atoms with Gasteiger partial charge in [0, 0.05) is 25.1 Å². The molecule has 0 amide bonds. The van der Waals surface area contributed by atoms with Gasteiger partial charge in [-0.15, -0.1) is 0 Å². The maximum Gasteiger partial charge on any atom is 0.0494 e. The Hall–Kier alpha value is -1.12. The highest BCUT2D eigenvalue weighted by atomic mass is 16.3. The molecule has 0 fully saturated rings. The SMILES string of the molecule is C[C@@H](CN[C@@H]1C=C[C@H](CO)C1)c1ccccc1. The number of hydrogen-bond acceptors (Lipinski definition) is 2. The van der Waals surface area contributed by atoms with Crippen molar-refractivity contribution in [1.82, 2.24) is 5.32 Å². The second kappa shape index (κ2) is 5.99. The molecule has 0 unspecified atom stereocenters. The molecule has 2 heteroatoms. The van der Waals surface area contributed by atoms with Gasteiger partial charge in [-0.3, -0.25) is 0 Å². The van der Waals surface area contributed by atoms with Crippen molar-refractivity contribution in [3.05, 3.63) is 48.0 Å². The average Bonchev–Trinajstić information content (AvgIpc) is 2.85. The topological polar surface area (TPSA) is 32.3 Å². The van der Waals surface area contributed by atoms with Crippen molar-refractivity contribution in [3.8, 4) is 0 Å². The van der Waals surface area contributed by atoms with Crippen LogP contribution in [0.15, 0.2) is 42.5 Å². The van der Waals surface area contributed by atoms with Crippen molar-refractivity contribution in [2.75, 3.05) is 13.2 Å². The lowest BCUT2D eigenvalue weighted by Gasteiger charge is -2.17. The van der Waals surface area contributed by atoms with Crippen LogP contribution in [0, 0.1) is 5.92 Å². The summed E-state index contributed by atoms with van der Waals surface area (Å²) >= 11 is 0. The fraction of sp³-hybridized carbons (Fsp3) is 0.467. The van der Waals surface area contributed by atoms with E-state index < -0.39 is 0 Å². The van der Waals surface area contributed by atoms with Crippen LogP contribution in [0.3, 0.4) is 0 Å². The van der Waals surface area contributed by atoms with Gasteiger partial charge in [0.05, 0.1) is 0 Å². The molecule has 1 aliphatic carbocycles. The van der Waals surface area contributed by atoms with Crippen LogP contribution < -0.4 is 5.32 Å². The zero-order chi connectivity index (χ0) is 12.1. The third-order valence-corrected chi connectivity index (χ3v) is 3.46. The van der Waals surface area contributed by atoms with Gasteiger partial charge in [-0.05, 0) is 17.9 Å². The van der Waals surface area contributed by atoms with E-state index in [2.05, 4.69) is 54.7 Å². The molecular formula is C15H21NO. The van der Waals surface area contributed by atoms with E-state index in [1.807, 2.05) is 0 Å². The number of aliphatic hydroxyl groups excluding tert-OH is 1. The third kappa shape index (κ3) is 3.42. The molecule has 0 spiro atoms. The maximum atomic E-state index is 9.06. The molecule has 1 aliphatic rings. The van der Waals surface area contributed by atoms with E-state index in [1.54, 1.807) is 0 Å². The van der Waals surface area contributed by atoms with Crippen LogP contribution in [0.2, 0.25) is 0 Å². The summed E-state index contributed by atoms with van der Waals surface area (Å²) in [6, 6.07) is 11.0. The standard InChI is InChI=1S/C15H21NO/c1-12(14-5-3-2-4-6-14)10-16-15-8-7-13(9-15)11-17/h2-8,12-13,15-17H,9-11H2,1H3/t12-,13-,15+/m0/s1. The maximum absolute atomic E-state index is 9.06. The molecule has 0 saturated carbocycles. The number of hydrogen-bond donors (Lipinski definition) is 2. The first kappa shape index (κ1) is 12.3. The lowest BCUT2D eigenvalue weighted by Crippen LogP contribution is -2.30. The van der Waals surface area contributed by atoms with Gasteiger partial charge in [0.2, 0.25) is 0 Å². The van der Waals surface area contributed by atoms with Crippen molar-refractivity contribution in [2.45, 2.75) is 25.3 Å². The number of rotatable bonds is 5. The summed E-state index contributed by atoms with van der Waals surface area (Å²) in [5.74, 6) is 0.873. The molecule has 0 heterocycles. The first-order valence-corrected chi connectivity index (χ1v) is 6.37. The molecule has 0 aliphatic heterocycles. The highest BCUT2D eigenvalue weighted by Gasteiger charge is 2.18. The Morgan fingerprint density at radius 3 is 2.71 bits per heavy atom. The lowest BCUT2D eigenvalue weighted by atomic mass is 10.0. The molecule has 92 valence electrons. The van der Waals surface area contributed by atoms with E-state index >= 15 is 0 Å². The normalized spacial score (nSPS) is 25.1. The van der Waals surface area contributed by atoms with Gasteiger partial charge < -0.3 is 10.4 Å². The first-order valence-electron chi connectivity index (χ1n) is 6.37. The van der Waals surface area contributed by atoms with Crippen molar-refractivity contribution in [1.29, 1.82) is 0 Å². The van der Waals surface area contributed by atoms with Crippen LogP contribution >= 0.6 is 0 Å². The minimum absolute atomic E-state index is 0.267. The molecular weight excluding hydrogens is 210 g/mol. The first-order chi connectivity index (χ1) is 8.29. The minimum Gasteiger partial charge on any atom is -0.396 e. The summed E-state index contributed by atoms with van der Waals surface area (Å²) < 4.78 is 0. The molecule has 2 N–H and O–H groups in total. The van der Waals surface area contributed by atoms with Gasteiger partial charge in [-0.2, -0.15) is 0 Å². The Kier molecular flexibility index (Phi) is 4.35. The summed E-state index contributed by atoms with van der Waals surface area (Å²) in [5, 5.41) is 12.6. The second-order valence-electron chi connectivity index (χ2n) is 4.89. The van der Waals surface area contributed by atoms with Crippen LogP contribution in [-0.2, 0) is 0 Å². The van der Waals surface area contributed by atoms with Gasteiger partial charge in [-0.25, -0.2) is 0 Å². The Labute approximate surface area is 103 Å². The van der Waals surface area contributed by atoms with Crippen molar-refractivity contribution < 1.29 is 5.11 Å². The Balaban J connectivity index is 1.78. The molecule has 0 bridgehead atoms. The van der Waals surface area contributed by atoms with Crippen LogP contribution in [0.1, 0.15) is 24.8 Å². The summed E-state index contributed by atoms with van der Waals surface area (Å²) in [5.41, 5.74) is 1.38. The molecule has 17 heavy (non-hydrogen) atoms. The largest absolute Gasteiger partial charge is 0.396 e. The molecule has 1 aromatic carbocycles. The Morgan fingerprint density at radius 2 is 2.06 bits per heavy atom. The van der Waals surface area contributed by atoms with Gasteiger partial charge in [-0.1, -0.05) is 49.4 Å². The number of aliphatic hydroxyl groups is 1. The van der Waals surface area contributed by atoms with Crippen LogP contribution in [0.25, 0.3) is 0 Å². The smallest absolute Gasteiger partial charge is 0.0494 e. The van der Waals surface area contributed by atoms with Crippen LogP contribution in [-0.4, -0.2) is 24.3 Å². The van der Waals surface area contributed by atoms with E-state index in [0.717, 1.165) is 13.0 Å². The van der Waals surface area contributed by atoms with Gasteiger partial charge in [0.25, 0.3) is 0 Å². The molecule has 2 nitrogen and oxygen atoms in total. The predicted octanol–water partition coefficient (Wildman–Crippen LogP) is 2.32. The Bertz CT molecular complexity index is 360. The van der Waals surface area contributed by atoms with E-state index in [9.17, 15) is 0 Å².